The first-order chi connectivity index (χ1) is 13.3. The minimum atomic E-state index is -3.92. The molecule has 0 atom stereocenters. The summed E-state index contributed by atoms with van der Waals surface area (Å²) in [5.41, 5.74) is 1.75. The quantitative estimate of drug-likeness (QED) is 0.776. The lowest BCUT2D eigenvalue weighted by Gasteiger charge is -2.27. The number of carbonyl (C=O) groups is 2. The lowest BCUT2D eigenvalue weighted by Crippen LogP contribution is -2.41. The van der Waals surface area contributed by atoms with Gasteiger partial charge < -0.3 is 9.64 Å². The van der Waals surface area contributed by atoms with Crippen molar-refractivity contribution in [3.8, 4) is 0 Å². The maximum atomic E-state index is 12.8. The number of ether oxygens (including phenoxy) is 1. The first-order valence-electron chi connectivity index (χ1n) is 8.89. The van der Waals surface area contributed by atoms with E-state index in [0.717, 1.165) is 0 Å². The van der Waals surface area contributed by atoms with Crippen LogP contribution < -0.4 is 4.72 Å². The fourth-order valence-corrected chi connectivity index (χ4v) is 4.03. The third-order valence-corrected chi connectivity index (χ3v) is 5.95. The number of rotatable bonds is 5. The number of nitrogens with zero attached hydrogens (tertiary/aromatic N) is 1. The molecule has 1 amide bonds. The average molecular weight is 402 g/mol. The maximum Gasteiger partial charge on any atom is 0.261 e. The molecule has 7 nitrogen and oxygen atoms in total. The maximum absolute atomic E-state index is 12.8. The molecule has 0 spiro atoms. The Bertz CT molecular complexity index is 1010. The Kier molecular flexibility index (Phi) is 5.81. The number of hydrogen-bond acceptors (Lipinski definition) is 5. The van der Waals surface area contributed by atoms with Crippen molar-refractivity contribution in [3.63, 3.8) is 0 Å². The van der Waals surface area contributed by atoms with Crippen molar-refractivity contribution in [1.82, 2.24) is 4.90 Å². The highest BCUT2D eigenvalue weighted by Gasteiger charge is 2.23. The van der Waals surface area contributed by atoms with Crippen LogP contribution in [0.5, 0.6) is 0 Å². The van der Waals surface area contributed by atoms with Gasteiger partial charge in [0, 0.05) is 29.9 Å². The Hall–Kier alpha value is -2.71. The van der Waals surface area contributed by atoms with Gasteiger partial charge in [0.05, 0.1) is 18.1 Å². The first-order valence-corrected chi connectivity index (χ1v) is 10.4. The summed E-state index contributed by atoms with van der Waals surface area (Å²) in [5.74, 6) is -0.369. The fraction of sp³-hybridized carbons (Fsp3) is 0.300. The fourth-order valence-electron chi connectivity index (χ4n) is 2.95. The molecule has 2 aromatic rings. The molecular formula is C20H22N2O5S. The van der Waals surface area contributed by atoms with E-state index in [1.54, 1.807) is 36.1 Å². The lowest BCUT2D eigenvalue weighted by molar-refractivity contribution is 0.0302. The number of hydrogen-bond donors (Lipinski definition) is 1. The molecular weight excluding hydrogens is 380 g/mol. The number of Topliss-reactive ketones (excluding diaryl/α,β-unsaturated/α-hetero) is 1. The van der Waals surface area contributed by atoms with Crippen LogP contribution in [0.4, 0.5) is 5.69 Å². The van der Waals surface area contributed by atoms with Gasteiger partial charge in [0.2, 0.25) is 0 Å². The van der Waals surface area contributed by atoms with Crippen LogP contribution in [0.15, 0.2) is 47.4 Å². The smallest absolute Gasteiger partial charge is 0.261 e. The van der Waals surface area contributed by atoms with Gasteiger partial charge in [-0.15, -0.1) is 0 Å². The molecule has 1 saturated heterocycles. The van der Waals surface area contributed by atoms with Gasteiger partial charge >= 0.3 is 0 Å². The zero-order valence-corrected chi connectivity index (χ0v) is 16.6. The number of morpholine rings is 1. The zero-order chi connectivity index (χ0) is 20.3. The van der Waals surface area contributed by atoms with Crippen LogP contribution in [-0.2, 0) is 14.8 Å². The third-order valence-electron chi connectivity index (χ3n) is 4.57. The number of amides is 1. The van der Waals surface area contributed by atoms with Crippen molar-refractivity contribution in [1.29, 1.82) is 0 Å². The number of ketones is 1. The van der Waals surface area contributed by atoms with E-state index in [0.29, 0.717) is 43.0 Å². The van der Waals surface area contributed by atoms with Crippen LogP contribution in [0, 0.1) is 6.92 Å². The second-order valence-electron chi connectivity index (χ2n) is 6.62. The number of anilines is 1. The van der Waals surface area contributed by atoms with Gasteiger partial charge in [0.25, 0.3) is 15.9 Å². The van der Waals surface area contributed by atoms with Gasteiger partial charge in [0.15, 0.2) is 5.78 Å². The molecule has 28 heavy (non-hydrogen) atoms. The molecule has 1 heterocycles. The highest BCUT2D eigenvalue weighted by atomic mass is 32.2. The number of sulfonamides is 1. The SMILES string of the molecule is CC(=O)c1cccc(NS(=O)(=O)c2ccc(C)c(C(=O)N3CCOCC3)c2)c1. The van der Waals surface area contributed by atoms with Gasteiger partial charge in [-0.2, -0.15) is 0 Å². The first kappa shape index (κ1) is 20.0. The molecule has 0 radical (unpaired) electrons. The molecule has 1 N–H and O–H groups in total. The molecule has 0 bridgehead atoms. The standard InChI is InChI=1S/C20H22N2O5S/c1-14-6-7-18(13-19(14)20(24)22-8-10-27-11-9-22)28(25,26)21-17-5-3-4-16(12-17)15(2)23/h3-7,12-13,21H,8-11H2,1-2H3. The average Bonchev–Trinajstić information content (AvgIpc) is 2.68. The van der Waals surface area contributed by atoms with E-state index in [2.05, 4.69) is 4.72 Å². The molecule has 148 valence electrons. The summed E-state index contributed by atoms with van der Waals surface area (Å²) in [5, 5.41) is 0. The Morgan fingerprint density at radius 2 is 1.79 bits per heavy atom. The van der Waals surface area contributed by atoms with Gasteiger partial charge in [-0.25, -0.2) is 8.42 Å². The number of nitrogens with one attached hydrogen (secondary N) is 1. The molecule has 1 aliphatic rings. The van der Waals surface area contributed by atoms with Crippen molar-refractivity contribution in [2.45, 2.75) is 18.7 Å². The van der Waals surface area contributed by atoms with Gasteiger partial charge in [-0.3, -0.25) is 14.3 Å². The van der Waals surface area contributed by atoms with E-state index < -0.39 is 10.0 Å². The Labute approximate surface area is 164 Å². The molecule has 1 fully saturated rings. The van der Waals surface area contributed by atoms with Crippen LogP contribution in [-0.4, -0.2) is 51.3 Å². The minimum absolute atomic E-state index is 0.0112. The molecule has 0 aliphatic carbocycles. The second-order valence-corrected chi connectivity index (χ2v) is 8.31. The summed E-state index contributed by atoms with van der Waals surface area (Å²) in [7, 11) is -3.92. The van der Waals surface area contributed by atoms with E-state index >= 15 is 0 Å². The van der Waals surface area contributed by atoms with E-state index in [1.807, 2.05) is 0 Å². The molecule has 0 aromatic heterocycles. The van der Waals surface area contributed by atoms with Crippen LogP contribution in [0.2, 0.25) is 0 Å². The summed E-state index contributed by atoms with van der Waals surface area (Å²) in [4.78, 5) is 26.0. The number of aryl methyl sites for hydroxylation is 1. The molecule has 2 aromatic carbocycles. The minimum Gasteiger partial charge on any atom is -0.378 e. The molecule has 0 saturated carbocycles. The van der Waals surface area contributed by atoms with E-state index in [9.17, 15) is 18.0 Å². The molecule has 1 aliphatic heterocycles. The molecule has 3 rings (SSSR count). The van der Waals surface area contributed by atoms with Gasteiger partial charge in [0.1, 0.15) is 0 Å². The lowest BCUT2D eigenvalue weighted by atomic mass is 10.1. The normalized spacial score (nSPS) is 14.6. The van der Waals surface area contributed by atoms with E-state index in [1.165, 1.54) is 25.1 Å². The third kappa shape index (κ3) is 4.40. The molecule has 0 unspecified atom stereocenters. The van der Waals surface area contributed by atoms with Crippen molar-refractivity contribution in [2.24, 2.45) is 0 Å². The summed E-state index contributed by atoms with van der Waals surface area (Å²) in [6, 6.07) is 10.7. The summed E-state index contributed by atoms with van der Waals surface area (Å²) >= 11 is 0. The Morgan fingerprint density at radius 3 is 2.46 bits per heavy atom. The van der Waals surface area contributed by atoms with E-state index in [-0.39, 0.29) is 22.3 Å². The van der Waals surface area contributed by atoms with Crippen LogP contribution in [0.1, 0.15) is 33.2 Å². The van der Waals surface area contributed by atoms with Crippen molar-refractivity contribution < 1.29 is 22.7 Å². The Morgan fingerprint density at radius 1 is 1.07 bits per heavy atom. The van der Waals surface area contributed by atoms with Crippen molar-refractivity contribution >= 4 is 27.4 Å². The highest BCUT2D eigenvalue weighted by molar-refractivity contribution is 7.92. The second kappa shape index (κ2) is 8.12. The summed E-state index contributed by atoms with van der Waals surface area (Å²) in [6.07, 6.45) is 0. The summed E-state index contributed by atoms with van der Waals surface area (Å²) in [6.45, 7) is 5.08. The molecule has 8 heteroatoms. The van der Waals surface area contributed by atoms with E-state index in [4.69, 9.17) is 4.74 Å². The zero-order valence-electron chi connectivity index (χ0n) is 15.8. The monoisotopic (exact) mass is 402 g/mol. The van der Waals surface area contributed by atoms with Crippen molar-refractivity contribution in [2.75, 3.05) is 31.0 Å². The topological polar surface area (TPSA) is 92.8 Å². The predicted molar refractivity (Wildman–Crippen MR) is 105 cm³/mol. The predicted octanol–water partition coefficient (Wildman–Crippen LogP) is 2.47. The van der Waals surface area contributed by atoms with Crippen LogP contribution >= 0.6 is 0 Å². The highest BCUT2D eigenvalue weighted by Crippen LogP contribution is 2.21. The van der Waals surface area contributed by atoms with Crippen LogP contribution in [0.25, 0.3) is 0 Å². The van der Waals surface area contributed by atoms with Crippen LogP contribution in [0.3, 0.4) is 0 Å². The van der Waals surface area contributed by atoms with Gasteiger partial charge in [-0.05, 0) is 43.7 Å². The van der Waals surface area contributed by atoms with Gasteiger partial charge in [-0.1, -0.05) is 18.2 Å². The number of carbonyl (C=O) groups excluding carboxylic acids is 2. The Balaban J connectivity index is 1.89. The van der Waals surface area contributed by atoms with Crippen molar-refractivity contribution in [3.05, 3.63) is 59.2 Å². The summed E-state index contributed by atoms with van der Waals surface area (Å²) < 4.78 is 33.3. The number of benzene rings is 2. The largest absolute Gasteiger partial charge is 0.378 e.